The van der Waals surface area contributed by atoms with Gasteiger partial charge in [-0.25, -0.2) is 0 Å². The number of halogens is 3. The molecular weight excluding hydrogens is 287 g/mol. The summed E-state index contributed by atoms with van der Waals surface area (Å²) in [4.78, 5) is 4.07. The van der Waals surface area contributed by atoms with Crippen molar-refractivity contribution in [3.8, 4) is 11.6 Å². The third-order valence-electron chi connectivity index (χ3n) is 2.42. The van der Waals surface area contributed by atoms with Gasteiger partial charge >= 0.3 is 6.36 Å². The van der Waals surface area contributed by atoms with Crippen molar-refractivity contribution in [1.29, 1.82) is 0 Å². The van der Waals surface area contributed by atoms with Crippen LogP contribution in [0.2, 0.25) is 0 Å². The Morgan fingerprint density at radius 1 is 1.19 bits per heavy atom. The number of nitrogens with two attached hydrogens (primary N) is 1. The van der Waals surface area contributed by atoms with E-state index in [2.05, 4.69) is 15.0 Å². The van der Waals surface area contributed by atoms with Crippen molar-refractivity contribution in [2.75, 3.05) is 18.2 Å². The lowest BCUT2D eigenvalue weighted by molar-refractivity contribution is -0.274. The van der Waals surface area contributed by atoms with Crippen molar-refractivity contribution in [1.82, 2.24) is 4.98 Å². The van der Waals surface area contributed by atoms with Crippen molar-refractivity contribution < 1.29 is 22.6 Å². The molecule has 0 saturated heterocycles. The van der Waals surface area contributed by atoms with Crippen LogP contribution >= 0.6 is 0 Å². The second-order valence-electron chi connectivity index (χ2n) is 4.00. The lowest BCUT2D eigenvalue weighted by Crippen LogP contribution is -2.17. The molecule has 1 aromatic heterocycles. The van der Waals surface area contributed by atoms with Gasteiger partial charge in [0, 0.05) is 11.8 Å². The molecule has 3 N–H and O–H groups in total. The van der Waals surface area contributed by atoms with Gasteiger partial charge in [-0.05, 0) is 24.3 Å². The van der Waals surface area contributed by atoms with E-state index < -0.39 is 6.36 Å². The maximum atomic E-state index is 12.2. The number of aromatic nitrogens is 1. The second kappa shape index (κ2) is 5.78. The highest BCUT2D eigenvalue weighted by Crippen LogP contribution is 2.27. The fraction of sp³-hybridized carbons (Fsp3) is 0.154. The van der Waals surface area contributed by atoms with E-state index in [1.165, 1.54) is 25.3 Å². The van der Waals surface area contributed by atoms with E-state index in [1.807, 2.05) is 0 Å². The fourth-order valence-electron chi connectivity index (χ4n) is 1.60. The normalized spacial score (nSPS) is 11.0. The molecule has 0 fully saturated rings. The maximum absolute atomic E-state index is 12.2. The van der Waals surface area contributed by atoms with Crippen molar-refractivity contribution in [2.24, 2.45) is 0 Å². The van der Waals surface area contributed by atoms with Gasteiger partial charge in [0.15, 0.2) is 0 Å². The molecule has 0 amide bonds. The molecule has 5 nitrogen and oxygen atoms in total. The molecule has 0 radical (unpaired) electrons. The highest BCUT2D eigenvalue weighted by Gasteiger charge is 2.31. The third kappa shape index (κ3) is 4.16. The number of hydrogen-bond acceptors (Lipinski definition) is 5. The standard InChI is InChI=1S/C13H12F3N3O2/c1-20-12-10(17)5-6-11(19-12)18-8-3-2-4-9(7-8)21-13(14,15)16/h2-7H,17H2,1H3,(H,18,19). The number of pyridine rings is 1. The Morgan fingerprint density at radius 3 is 2.62 bits per heavy atom. The molecule has 0 aliphatic rings. The number of benzene rings is 1. The molecule has 0 aliphatic carbocycles. The Hall–Kier alpha value is -2.64. The van der Waals surface area contributed by atoms with E-state index >= 15 is 0 Å². The number of nitrogen functional groups attached to an aromatic ring is 1. The topological polar surface area (TPSA) is 69.4 Å². The molecule has 0 unspecified atom stereocenters. The van der Waals surface area contributed by atoms with Crippen molar-refractivity contribution >= 4 is 17.2 Å². The summed E-state index contributed by atoms with van der Waals surface area (Å²) in [6.45, 7) is 0. The smallest absolute Gasteiger partial charge is 0.479 e. The van der Waals surface area contributed by atoms with Gasteiger partial charge in [-0.15, -0.1) is 13.2 Å². The minimum Gasteiger partial charge on any atom is -0.479 e. The van der Waals surface area contributed by atoms with Gasteiger partial charge in [-0.3, -0.25) is 0 Å². The fourth-order valence-corrected chi connectivity index (χ4v) is 1.60. The number of alkyl halides is 3. The predicted octanol–water partition coefficient (Wildman–Crippen LogP) is 3.31. The molecule has 1 heterocycles. The maximum Gasteiger partial charge on any atom is 0.573 e. The Bertz CT molecular complexity index is 632. The number of anilines is 3. The van der Waals surface area contributed by atoms with Gasteiger partial charge in [0.2, 0.25) is 5.88 Å². The summed E-state index contributed by atoms with van der Waals surface area (Å²) in [6, 6.07) is 8.57. The van der Waals surface area contributed by atoms with E-state index in [-0.39, 0.29) is 11.6 Å². The Labute approximate surface area is 118 Å². The summed E-state index contributed by atoms with van der Waals surface area (Å²) in [6.07, 6.45) is -4.73. The van der Waals surface area contributed by atoms with Gasteiger partial charge in [0.1, 0.15) is 11.6 Å². The first-order valence-electron chi connectivity index (χ1n) is 5.81. The highest BCUT2D eigenvalue weighted by molar-refractivity contribution is 5.61. The summed E-state index contributed by atoms with van der Waals surface area (Å²) >= 11 is 0. The van der Waals surface area contributed by atoms with Crippen LogP contribution in [-0.4, -0.2) is 18.5 Å². The summed E-state index contributed by atoms with van der Waals surface area (Å²) in [5.74, 6) is 0.280. The molecule has 2 rings (SSSR count). The number of rotatable bonds is 4. The average molecular weight is 299 g/mol. The van der Waals surface area contributed by atoms with E-state index in [0.717, 1.165) is 0 Å². The second-order valence-corrected chi connectivity index (χ2v) is 4.00. The van der Waals surface area contributed by atoms with E-state index in [0.29, 0.717) is 17.2 Å². The molecular formula is C13H12F3N3O2. The van der Waals surface area contributed by atoms with Crippen LogP contribution in [0.15, 0.2) is 36.4 Å². The molecule has 0 saturated carbocycles. The van der Waals surface area contributed by atoms with Crippen LogP contribution in [0.4, 0.5) is 30.4 Å². The van der Waals surface area contributed by atoms with Gasteiger partial charge in [0.25, 0.3) is 0 Å². The van der Waals surface area contributed by atoms with Gasteiger partial charge < -0.3 is 20.5 Å². The lowest BCUT2D eigenvalue weighted by Gasteiger charge is -2.11. The number of nitrogens with zero attached hydrogens (tertiary/aromatic N) is 1. The minimum absolute atomic E-state index is 0.225. The monoisotopic (exact) mass is 299 g/mol. The Balaban J connectivity index is 2.18. The van der Waals surface area contributed by atoms with Gasteiger partial charge in [-0.1, -0.05) is 6.07 Å². The van der Waals surface area contributed by atoms with Crippen LogP contribution in [0.1, 0.15) is 0 Å². The number of nitrogens with one attached hydrogen (secondary N) is 1. The van der Waals surface area contributed by atoms with Crippen LogP contribution < -0.4 is 20.5 Å². The minimum atomic E-state index is -4.73. The molecule has 0 atom stereocenters. The third-order valence-corrected chi connectivity index (χ3v) is 2.42. The Kier molecular flexibility index (Phi) is 4.06. The number of hydrogen-bond donors (Lipinski definition) is 2. The first kappa shape index (κ1) is 14.8. The van der Waals surface area contributed by atoms with Crippen molar-refractivity contribution in [3.63, 3.8) is 0 Å². The summed E-state index contributed by atoms with van der Waals surface area (Å²) in [5.41, 5.74) is 6.37. The van der Waals surface area contributed by atoms with Crippen LogP contribution in [0, 0.1) is 0 Å². The molecule has 0 bridgehead atoms. The van der Waals surface area contributed by atoms with Crippen molar-refractivity contribution in [2.45, 2.75) is 6.36 Å². The molecule has 2 aromatic rings. The number of ether oxygens (including phenoxy) is 2. The first-order chi connectivity index (χ1) is 9.87. The van der Waals surface area contributed by atoms with Crippen LogP contribution in [0.3, 0.4) is 0 Å². The summed E-state index contributed by atoms with van der Waals surface area (Å²) in [7, 11) is 1.42. The van der Waals surface area contributed by atoms with Crippen LogP contribution in [0.5, 0.6) is 11.6 Å². The molecule has 8 heteroatoms. The largest absolute Gasteiger partial charge is 0.573 e. The molecule has 112 valence electrons. The molecule has 1 aromatic carbocycles. The quantitative estimate of drug-likeness (QED) is 0.906. The zero-order valence-corrected chi connectivity index (χ0v) is 10.9. The molecule has 0 spiro atoms. The number of methoxy groups -OCH3 is 1. The average Bonchev–Trinajstić information content (AvgIpc) is 2.39. The zero-order chi connectivity index (χ0) is 15.5. The SMILES string of the molecule is COc1nc(Nc2cccc(OC(F)(F)F)c2)ccc1N. The summed E-state index contributed by atoms with van der Waals surface area (Å²) in [5, 5.41) is 2.84. The predicted molar refractivity (Wildman–Crippen MR) is 71.6 cm³/mol. The highest BCUT2D eigenvalue weighted by atomic mass is 19.4. The lowest BCUT2D eigenvalue weighted by atomic mass is 10.3. The van der Waals surface area contributed by atoms with Crippen LogP contribution in [0.25, 0.3) is 0 Å². The molecule has 0 aliphatic heterocycles. The Morgan fingerprint density at radius 2 is 1.95 bits per heavy atom. The van der Waals surface area contributed by atoms with E-state index in [4.69, 9.17) is 10.5 Å². The first-order valence-corrected chi connectivity index (χ1v) is 5.81. The van der Waals surface area contributed by atoms with Gasteiger partial charge in [-0.2, -0.15) is 4.98 Å². The summed E-state index contributed by atoms with van der Waals surface area (Å²) < 4.78 is 45.3. The van der Waals surface area contributed by atoms with Gasteiger partial charge in [0.05, 0.1) is 12.8 Å². The van der Waals surface area contributed by atoms with Crippen LogP contribution in [-0.2, 0) is 0 Å². The van der Waals surface area contributed by atoms with E-state index in [9.17, 15) is 13.2 Å². The zero-order valence-electron chi connectivity index (χ0n) is 10.9. The molecule has 21 heavy (non-hydrogen) atoms. The van der Waals surface area contributed by atoms with Crippen molar-refractivity contribution in [3.05, 3.63) is 36.4 Å². The van der Waals surface area contributed by atoms with E-state index in [1.54, 1.807) is 18.2 Å².